The minimum absolute atomic E-state index is 0.136. The molecular formula is C16H11ClFNO2. The van der Waals surface area contributed by atoms with E-state index in [1.165, 1.54) is 12.1 Å². The van der Waals surface area contributed by atoms with Crippen molar-refractivity contribution in [3.8, 4) is 17.1 Å². The maximum absolute atomic E-state index is 13.0. The lowest BCUT2D eigenvalue weighted by atomic mass is 10.2. The van der Waals surface area contributed by atoms with E-state index in [1.807, 2.05) is 12.1 Å². The van der Waals surface area contributed by atoms with Gasteiger partial charge in [-0.2, -0.15) is 0 Å². The van der Waals surface area contributed by atoms with Crippen molar-refractivity contribution in [1.82, 2.24) is 4.98 Å². The third-order valence-corrected chi connectivity index (χ3v) is 3.09. The van der Waals surface area contributed by atoms with Gasteiger partial charge in [0.15, 0.2) is 12.4 Å². The minimum atomic E-state index is -0.346. The second-order valence-electron chi connectivity index (χ2n) is 4.37. The smallest absolute Gasteiger partial charge is 0.232 e. The Labute approximate surface area is 126 Å². The Hall–Kier alpha value is -2.33. The van der Waals surface area contributed by atoms with E-state index < -0.39 is 0 Å². The van der Waals surface area contributed by atoms with Gasteiger partial charge in [-0.05, 0) is 36.4 Å². The molecular weight excluding hydrogens is 293 g/mol. The molecule has 0 unspecified atom stereocenters. The molecule has 0 aliphatic carbocycles. The highest BCUT2D eigenvalue weighted by Crippen LogP contribution is 2.23. The monoisotopic (exact) mass is 303 g/mol. The molecule has 1 aromatic heterocycles. The number of ether oxygens (including phenoxy) is 1. The number of benzene rings is 2. The normalized spacial score (nSPS) is 10.6. The summed E-state index contributed by atoms with van der Waals surface area (Å²) in [6.45, 7) is 0.136. The maximum atomic E-state index is 13.0. The first-order valence-electron chi connectivity index (χ1n) is 6.30. The Morgan fingerprint density at radius 3 is 2.71 bits per heavy atom. The molecule has 21 heavy (non-hydrogen) atoms. The summed E-state index contributed by atoms with van der Waals surface area (Å²) >= 11 is 5.84. The Morgan fingerprint density at radius 1 is 1.14 bits per heavy atom. The van der Waals surface area contributed by atoms with Gasteiger partial charge in [0, 0.05) is 16.7 Å². The largest absolute Gasteiger partial charge is 0.484 e. The van der Waals surface area contributed by atoms with Crippen LogP contribution in [0.25, 0.3) is 11.3 Å². The second-order valence-corrected chi connectivity index (χ2v) is 4.81. The van der Waals surface area contributed by atoms with E-state index in [1.54, 1.807) is 30.5 Å². The van der Waals surface area contributed by atoms with Crippen LogP contribution in [0.3, 0.4) is 0 Å². The average molecular weight is 304 g/mol. The maximum Gasteiger partial charge on any atom is 0.232 e. The van der Waals surface area contributed by atoms with Crippen molar-refractivity contribution in [2.75, 3.05) is 0 Å². The molecule has 0 aliphatic heterocycles. The van der Waals surface area contributed by atoms with Crippen LogP contribution in [0, 0.1) is 5.82 Å². The molecule has 0 bridgehead atoms. The van der Waals surface area contributed by atoms with Gasteiger partial charge in [0.1, 0.15) is 11.6 Å². The van der Waals surface area contributed by atoms with Crippen molar-refractivity contribution >= 4 is 11.6 Å². The molecule has 0 N–H and O–H groups in total. The predicted molar refractivity (Wildman–Crippen MR) is 77.7 cm³/mol. The molecule has 0 atom stereocenters. The zero-order valence-electron chi connectivity index (χ0n) is 10.9. The average Bonchev–Trinajstić information content (AvgIpc) is 2.95. The predicted octanol–water partition coefficient (Wildman–Crippen LogP) is 4.71. The standard InChI is InChI=1S/C16H11ClFNO2/c17-12-6-4-11(5-7-12)15-9-19-16(21-15)10-20-14-3-1-2-13(18)8-14/h1-9H,10H2. The third-order valence-electron chi connectivity index (χ3n) is 2.84. The van der Waals surface area contributed by atoms with Crippen LogP contribution in [-0.2, 0) is 6.61 Å². The van der Waals surface area contributed by atoms with Gasteiger partial charge in [-0.3, -0.25) is 0 Å². The van der Waals surface area contributed by atoms with Crippen molar-refractivity contribution in [3.05, 3.63) is 71.5 Å². The van der Waals surface area contributed by atoms with E-state index in [9.17, 15) is 4.39 Å². The van der Waals surface area contributed by atoms with E-state index in [2.05, 4.69) is 4.98 Å². The summed E-state index contributed by atoms with van der Waals surface area (Å²) in [7, 11) is 0. The van der Waals surface area contributed by atoms with Gasteiger partial charge >= 0.3 is 0 Å². The zero-order valence-corrected chi connectivity index (χ0v) is 11.7. The van der Waals surface area contributed by atoms with Crippen molar-refractivity contribution in [2.24, 2.45) is 0 Å². The Bertz CT molecular complexity index is 740. The van der Waals surface area contributed by atoms with Gasteiger partial charge in [-0.15, -0.1) is 0 Å². The third kappa shape index (κ3) is 3.41. The second kappa shape index (κ2) is 5.97. The summed E-state index contributed by atoms with van der Waals surface area (Å²) in [5, 5.41) is 0.660. The van der Waals surface area contributed by atoms with Crippen molar-refractivity contribution in [3.63, 3.8) is 0 Å². The fourth-order valence-corrected chi connectivity index (χ4v) is 1.95. The quantitative estimate of drug-likeness (QED) is 0.700. The van der Waals surface area contributed by atoms with Crippen LogP contribution in [-0.4, -0.2) is 4.98 Å². The van der Waals surface area contributed by atoms with E-state index >= 15 is 0 Å². The summed E-state index contributed by atoms with van der Waals surface area (Å²) in [5.41, 5.74) is 0.879. The van der Waals surface area contributed by atoms with E-state index in [0.29, 0.717) is 22.4 Å². The van der Waals surface area contributed by atoms with E-state index in [0.717, 1.165) is 5.56 Å². The highest BCUT2D eigenvalue weighted by atomic mass is 35.5. The fourth-order valence-electron chi connectivity index (χ4n) is 1.83. The van der Waals surface area contributed by atoms with Gasteiger partial charge in [-0.25, -0.2) is 9.37 Å². The summed E-state index contributed by atoms with van der Waals surface area (Å²) in [6.07, 6.45) is 1.62. The molecule has 0 aliphatic rings. The lowest BCUT2D eigenvalue weighted by Crippen LogP contribution is -1.95. The summed E-state index contributed by atoms with van der Waals surface area (Å²) in [4.78, 5) is 4.13. The van der Waals surface area contributed by atoms with Crippen LogP contribution in [0.5, 0.6) is 5.75 Å². The molecule has 3 rings (SSSR count). The van der Waals surface area contributed by atoms with Crippen LogP contribution < -0.4 is 4.74 Å². The van der Waals surface area contributed by atoms with Crippen LogP contribution in [0.15, 0.2) is 59.1 Å². The topological polar surface area (TPSA) is 35.3 Å². The number of hydrogen-bond donors (Lipinski definition) is 0. The molecule has 0 radical (unpaired) electrons. The highest BCUT2D eigenvalue weighted by molar-refractivity contribution is 6.30. The Balaban J connectivity index is 1.69. The zero-order chi connectivity index (χ0) is 14.7. The molecule has 1 heterocycles. The number of aromatic nitrogens is 1. The molecule has 0 saturated heterocycles. The number of oxazole rings is 1. The van der Waals surface area contributed by atoms with Crippen molar-refractivity contribution in [2.45, 2.75) is 6.61 Å². The lowest BCUT2D eigenvalue weighted by molar-refractivity contribution is 0.263. The number of rotatable bonds is 4. The molecule has 0 fully saturated rings. The first-order valence-corrected chi connectivity index (χ1v) is 6.67. The molecule has 2 aromatic carbocycles. The Morgan fingerprint density at radius 2 is 1.95 bits per heavy atom. The molecule has 3 aromatic rings. The molecule has 0 saturated carbocycles. The first-order chi connectivity index (χ1) is 10.2. The van der Waals surface area contributed by atoms with Crippen molar-refractivity contribution < 1.29 is 13.5 Å². The summed E-state index contributed by atoms with van der Waals surface area (Å²) in [5.74, 6) is 1.14. The number of nitrogens with zero attached hydrogens (tertiary/aromatic N) is 1. The molecule has 3 nitrogen and oxygen atoms in total. The van der Waals surface area contributed by atoms with Crippen LogP contribution in [0.2, 0.25) is 5.02 Å². The fraction of sp³-hybridized carbons (Fsp3) is 0.0625. The SMILES string of the molecule is Fc1cccc(OCc2ncc(-c3ccc(Cl)cc3)o2)c1. The molecule has 106 valence electrons. The van der Waals surface area contributed by atoms with Crippen LogP contribution >= 0.6 is 11.6 Å². The van der Waals surface area contributed by atoms with Crippen LogP contribution in [0.1, 0.15) is 5.89 Å². The summed E-state index contributed by atoms with van der Waals surface area (Å²) in [6, 6.07) is 13.2. The minimum Gasteiger partial charge on any atom is -0.484 e. The number of hydrogen-bond acceptors (Lipinski definition) is 3. The van der Waals surface area contributed by atoms with E-state index in [-0.39, 0.29) is 12.4 Å². The van der Waals surface area contributed by atoms with E-state index in [4.69, 9.17) is 20.8 Å². The van der Waals surface area contributed by atoms with Gasteiger partial charge in [0.25, 0.3) is 0 Å². The van der Waals surface area contributed by atoms with Gasteiger partial charge < -0.3 is 9.15 Å². The molecule has 0 spiro atoms. The van der Waals surface area contributed by atoms with Crippen molar-refractivity contribution in [1.29, 1.82) is 0 Å². The summed E-state index contributed by atoms with van der Waals surface area (Å²) < 4.78 is 24.0. The lowest BCUT2D eigenvalue weighted by Gasteiger charge is -2.03. The number of halogens is 2. The first kappa shape index (κ1) is 13.6. The van der Waals surface area contributed by atoms with Gasteiger partial charge in [0.05, 0.1) is 6.20 Å². The molecule has 5 heteroatoms. The van der Waals surface area contributed by atoms with Gasteiger partial charge in [0.2, 0.25) is 5.89 Å². The Kier molecular flexibility index (Phi) is 3.88. The molecule has 0 amide bonds. The highest BCUT2D eigenvalue weighted by Gasteiger charge is 2.07. The van der Waals surface area contributed by atoms with Gasteiger partial charge in [-0.1, -0.05) is 17.7 Å². The van der Waals surface area contributed by atoms with Crippen LogP contribution in [0.4, 0.5) is 4.39 Å².